The van der Waals surface area contributed by atoms with Gasteiger partial charge in [-0.15, -0.1) is 11.6 Å². The summed E-state index contributed by atoms with van der Waals surface area (Å²) < 4.78 is 11.7. The van der Waals surface area contributed by atoms with Gasteiger partial charge in [0.05, 0.1) is 0 Å². The van der Waals surface area contributed by atoms with Crippen LogP contribution in [0.2, 0.25) is 5.54 Å². The SMILES string of the molecule is Fc1ccc[cH-]1.[C-]1=CC=C2Cc3ccccc3C2S1.[Cl-].[Cl-].[SiH2]C1CCCCC1.[Ti+4]. The average molecular weight is 500 g/mol. The van der Waals surface area contributed by atoms with Crippen molar-refractivity contribution in [1.82, 2.24) is 0 Å². The van der Waals surface area contributed by atoms with Crippen molar-refractivity contribution < 1.29 is 50.9 Å². The van der Waals surface area contributed by atoms with Crippen molar-refractivity contribution in [2.75, 3.05) is 0 Å². The van der Waals surface area contributed by atoms with E-state index in [0.29, 0.717) is 5.25 Å². The number of hydrogen-bond donors (Lipinski definition) is 0. The molecule has 2 aromatic carbocycles. The van der Waals surface area contributed by atoms with E-state index >= 15 is 0 Å². The molecule has 0 saturated heterocycles. The normalized spacial score (nSPS) is 18.6. The number of halogens is 3. The van der Waals surface area contributed by atoms with Crippen molar-refractivity contribution in [1.29, 1.82) is 0 Å². The molecule has 1 fully saturated rings. The average Bonchev–Trinajstić information content (AvgIpc) is 3.30. The van der Waals surface area contributed by atoms with E-state index in [9.17, 15) is 4.39 Å². The Balaban J connectivity index is 0.000000425. The largest absolute Gasteiger partial charge is 4.00 e. The molecule has 0 spiro atoms. The fourth-order valence-corrected chi connectivity index (χ4v) is 5.07. The molecule has 0 amide bonds. The first-order valence-electron chi connectivity index (χ1n) is 9.45. The zero-order valence-corrected chi connectivity index (χ0v) is 21.7. The van der Waals surface area contributed by atoms with Gasteiger partial charge in [0.1, 0.15) is 0 Å². The Morgan fingerprint density at radius 3 is 2.31 bits per heavy atom. The molecule has 1 radical (unpaired) electrons. The third kappa shape index (κ3) is 9.25. The van der Waals surface area contributed by atoms with Crippen molar-refractivity contribution in [2.45, 2.75) is 49.3 Å². The van der Waals surface area contributed by atoms with Crippen molar-refractivity contribution in [2.24, 2.45) is 0 Å². The molecule has 2 aromatic rings. The van der Waals surface area contributed by atoms with E-state index in [-0.39, 0.29) is 52.3 Å². The Bertz CT molecular complexity index is 743. The summed E-state index contributed by atoms with van der Waals surface area (Å²) in [5.74, 6) is -0.157. The minimum atomic E-state index is -0.157. The zero-order chi connectivity index (χ0) is 18.2. The summed E-state index contributed by atoms with van der Waals surface area (Å²) >= 11 is 1.80. The Labute approximate surface area is 209 Å². The monoisotopic (exact) mass is 499 g/mol. The Hall–Kier alpha value is -0.159. The van der Waals surface area contributed by atoms with Gasteiger partial charge < -0.3 is 24.8 Å². The van der Waals surface area contributed by atoms with Crippen LogP contribution >= 0.6 is 11.8 Å². The molecule has 2 aliphatic carbocycles. The molecule has 1 saturated carbocycles. The van der Waals surface area contributed by atoms with E-state index in [2.05, 4.69) is 46.0 Å². The van der Waals surface area contributed by atoms with Gasteiger partial charge >= 0.3 is 21.7 Å². The second kappa shape index (κ2) is 15.6. The van der Waals surface area contributed by atoms with Gasteiger partial charge in [0.25, 0.3) is 0 Å². The van der Waals surface area contributed by atoms with Crippen LogP contribution in [0.15, 0.2) is 66.3 Å². The van der Waals surface area contributed by atoms with E-state index in [1.54, 1.807) is 23.9 Å². The number of benzene rings is 1. The second-order valence-corrected chi connectivity index (χ2v) is 9.10. The van der Waals surface area contributed by atoms with Crippen molar-refractivity contribution in [3.63, 3.8) is 0 Å². The molecule has 1 atom stereocenters. The summed E-state index contributed by atoms with van der Waals surface area (Å²) in [6, 6.07) is 14.9. The minimum absolute atomic E-state index is 0. The van der Waals surface area contributed by atoms with Crippen LogP contribution in [0.1, 0.15) is 48.5 Å². The summed E-state index contributed by atoms with van der Waals surface area (Å²) in [4.78, 5) is 0. The number of allylic oxidation sites excluding steroid dienone is 2. The molecule has 1 aliphatic heterocycles. The number of rotatable bonds is 0. The molecule has 1 heterocycles. The summed E-state index contributed by atoms with van der Waals surface area (Å²) in [5.41, 5.74) is 5.57. The van der Waals surface area contributed by atoms with Gasteiger partial charge in [0.15, 0.2) is 0 Å². The van der Waals surface area contributed by atoms with Crippen molar-refractivity contribution in [3.8, 4) is 0 Å². The smallest absolute Gasteiger partial charge is 1.00 e. The van der Waals surface area contributed by atoms with Gasteiger partial charge in [0, 0.05) is 21.3 Å². The first kappa shape index (κ1) is 28.8. The molecule has 0 N–H and O–H groups in total. The predicted molar refractivity (Wildman–Crippen MR) is 114 cm³/mol. The fraction of sp³-hybridized carbons (Fsp3) is 0.348. The maximum absolute atomic E-state index is 11.7. The molecular weight excluding hydrogens is 474 g/mol. The van der Waals surface area contributed by atoms with Crippen LogP contribution in [0, 0.1) is 11.2 Å². The van der Waals surface area contributed by atoms with Crippen molar-refractivity contribution >= 4 is 22.0 Å². The third-order valence-electron chi connectivity index (χ3n) is 4.97. The molecule has 29 heavy (non-hydrogen) atoms. The number of fused-ring (bicyclic) bond motifs is 3. The van der Waals surface area contributed by atoms with Gasteiger partial charge in [-0.3, -0.25) is 0 Å². The van der Waals surface area contributed by atoms with Crippen LogP contribution in [0.4, 0.5) is 4.39 Å². The van der Waals surface area contributed by atoms with Crippen LogP contribution in [0.3, 0.4) is 0 Å². The zero-order valence-electron chi connectivity index (χ0n) is 16.4. The predicted octanol–water partition coefficient (Wildman–Crippen LogP) is 0.196. The first-order valence-corrected chi connectivity index (χ1v) is 11.1. The summed E-state index contributed by atoms with van der Waals surface area (Å²) in [6.07, 6.45) is 12.9. The molecule has 0 bridgehead atoms. The van der Waals surface area contributed by atoms with Gasteiger partial charge in [-0.05, 0) is 17.5 Å². The molecule has 153 valence electrons. The quantitative estimate of drug-likeness (QED) is 0.368. The van der Waals surface area contributed by atoms with Crippen LogP contribution in [0.5, 0.6) is 0 Å². The van der Waals surface area contributed by atoms with E-state index in [4.69, 9.17) is 0 Å². The molecule has 5 rings (SSSR count). The standard InChI is InChI=1S/C12H9S.C6H13Si.C5H4F.2ClH.Ti/c1-2-6-11-9(4-1)8-10-5-3-7-13-12(10)11;7-6-4-2-1-3-5-6;6-5-3-1-2-4-5;;;/h1-6,12H,8H2;6H,1-5,7H2;1-4H;2*1H;/q-1;;-1;;;+4/p-2. The number of hydrogen-bond acceptors (Lipinski definition) is 1. The Morgan fingerprint density at radius 2 is 1.76 bits per heavy atom. The van der Waals surface area contributed by atoms with Gasteiger partial charge in [-0.2, -0.15) is 12.1 Å². The van der Waals surface area contributed by atoms with Crippen LogP contribution in [-0.4, -0.2) is 10.2 Å². The second-order valence-electron chi connectivity index (χ2n) is 7.01. The molecule has 0 nitrogen and oxygen atoms in total. The van der Waals surface area contributed by atoms with Gasteiger partial charge in [0.2, 0.25) is 0 Å². The van der Waals surface area contributed by atoms with Crippen LogP contribution in [0.25, 0.3) is 0 Å². The van der Waals surface area contributed by atoms with Crippen LogP contribution < -0.4 is 24.8 Å². The van der Waals surface area contributed by atoms with E-state index in [1.807, 2.05) is 6.08 Å². The van der Waals surface area contributed by atoms with Crippen molar-refractivity contribution in [3.05, 3.63) is 88.6 Å². The molecular formula is C23H26Cl2FSSiTi. The fourth-order valence-electron chi connectivity index (χ4n) is 3.53. The third-order valence-corrected chi connectivity index (χ3v) is 6.85. The molecule has 3 aliphatic rings. The molecule has 6 heteroatoms. The summed E-state index contributed by atoms with van der Waals surface area (Å²) in [5, 5.41) is 3.77. The van der Waals surface area contributed by atoms with Gasteiger partial charge in [-0.25, -0.2) is 39.8 Å². The first-order chi connectivity index (χ1) is 12.7. The van der Waals surface area contributed by atoms with Gasteiger partial charge in [-0.1, -0.05) is 61.9 Å². The minimum Gasteiger partial charge on any atom is -1.00 e. The topological polar surface area (TPSA) is 0 Å². The molecule has 0 aromatic heterocycles. The molecule has 1 unspecified atom stereocenters. The summed E-state index contributed by atoms with van der Waals surface area (Å²) in [7, 11) is 2.18. The Kier molecular flexibility index (Phi) is 15.5. The number of thioether (sulfide) groups is 1. The summed E-state index contributed by atoms with van der Waals surface area (Å²) in [6.45, 7) is 0. The maximum Gasteiger partial charge on any atom is 4.00 e. The van der Waals surface area contributed by atoms with E-state index in [1.165, 1.54) is 60.9 Å². The van der Waals surface area contributed by atoms with E-state index in [0.717, 1.165) is 12.0 Å². The Morgan fingerprint density at radius 1 is 1.03 bits per heavy atom. The van der Waals surface area contributed by atoms with Crippen LogP contribution in [-0.2, 0) is 28.1 Å². The maximum atomic E-state index is 11.7. The van der Waals surface area contributed by atoms with E-state index < -0.39 is 0 Å².